The summed E-state index contributed by atoms with van der Waals surface area (Å²) in [6.45, 7) is 1.94. The van der Waals surface area contributed by atoms with Crippen LogP contribution in [0, 0.1) is 12.7 Å². The number of ether oxygens (including phenoxy) is 1. The van der Waals surface area contributed by atoms with Crippen LogP contribution in [-0.4, -0.2) is 7.11 Å². The van der Waals surface area contributed by atoms with E-state index in [0.717, 1.165) is 15.6 Å². The van der Waals surface area contributed by atoms with Crippen molar-refractivity contribution >= 4 is 15.9 Å². The predicted molar refractivity (Wildman–Crippen MR) is 70.8 cm³/mol. The normalized spacial score (nSPS) is 10.4. The van der Waals surface area contributed by atoms with E-state index in [0.29, 0.717) is 11.3 Å². The van der Waals surface area contributed by atoms with E-state index in [-0.39, 0.29) is 5.82 Å². The van der Waals surface area contributed by atoms with Crippen LogP contribution in [0.2, 0.25) is 0 Å². The zero-order chi connectivity index (χ0) is 12.4. The van der Waals surface area contributed by atoms with Gasteiger partial charge in [0.1, 0.15) is 11.6 Å². The Morgan fingerprint density at radius 3 is 2.65 bits per heavy atom. The first-order valence-corrected chi connectivity index (χ1v) is 6.02. The fourth-order valence-electron chi connectivity index (χ4n) is 1.85. The molecule has 0 heterocycles. The van der Waals surface area contributed by atoms with Crippen LogP contribution in [0.3, 0.4) is 0 Å². The lowest BCUT2D eigenvalue weighted by Crippen LogP contribution is -1.93. The molecular weight excluding hydrogens is 283 g/mol. The van der Waals surface area contributed by atoms with Crippen molar-refractivity contribution < 1.29 is 9.13 Å². The summed E-state index contributed by atoms with van der Waals surface area (Å²) in [5.41, 5.74) is 2.34. The molecule has 2 aromatic carbocycles. The highest BCUT2D eigenvalue weighted by atomic mass is 79.9. The molecule has 1 nitrogen and oxygen atoms in total. The summed E-state index contributed by atoms with van der Waals surface area (Å²) in [5, 5.41) is 0. The van der Waals surface area contributed by atoms with Gasteiger partial charge in [-0.2, -0.15) is 0 Å². The Kier molecular flexibility index (Phi) is 3.48. The molecule has 0 radical (unpaired) electrons. The van der Waals surface area contributed by atoms with E-state index in [4.69, 9.17) is 4.74 Å². The maximum atomic E-state index is 13.9. The Bertz CT molecular complexity index is 552. The first kappa shape index (κ1) is 12.1. The quantitative estimate of drug-likeness (QED) is 0.788. The van der Waals surface area contributed by atoms with Crippen molar-refractivity contribution in [1.29, 1.82) is 0 Å². The van der Waals surface area contributed by atoms with Gasteiger partial charge in [0.25, 0.3) is 0 Å². The van der Waals surface area contributed by atoms with Gasteiger partial charge >= 0.3 is 0 Å². The third kappa shape index (κ3) is 2.34. The van der Waals surface area contributed by atoms with Gasteiger partial charge < -0.3 is 4.74 Å². The van der Waals surface area contributed by atoms with Crippen molar-refractivity contribution in [2.45, 2.75) is 6.92 Å². The lowest BCUT2D eigenvalue weighted by atomic mass is 9.99. The summed E-state index contributed by atoms with van der Waals surface area (Å²) in [6, 6.07) is 10.6. The Morgan fingerprint density at radius 2 is 1.94 bits per heavy atom. The molecule has 0 saturated heterocycles. The second-order valence-electron chi connectivity index (χ2n) is 3.78. The van der Waals surface area contributed by atoms with Gasteiger partial charge in [0.2, 0.25) is 0 Å². The zero-order valence-corrected chi connectivity index (χ0v) is 11.2. The predicted octanol–water partition coefficient (Wildman–Crippen LogP) is 4.57. The monoisotopic (exact) mass is 294 g/mol. The molecule has 88 valence electrons. The minimum atomic E-state index is -0.249. The van der Waals surface area contributed by atoms with Crippen LogP contribution in [0.1, 0.15) is 5.56 Å². The molecule has 0 aliphatic rings. The van der Waals surface area contributed by atoms with Crippen molar-refractivity contribution in [3.8, 4) is 16.9 Å². The number of benzene rings is 2. The lowest BCUT2D eigenvalue weighted by Gasteiger charge is -2.12. The Hall–Kier alpha value is -1.35. The van der Waals surface area contributed by atoms with E-state index in [1.807, 2.05) is 25.1 Å². The topological polar surface area (TPSA) is 9.23 Å². The Morgan fingerprint density at radius 1 is 1.18 bits per heavy atom. The van der Waals surface area contributed by atoms with Gasteiger partial charge in [0, 0.05) is 15.6 Å². The fraction of sp³-hybridized carbons (Fsp3) is 0.143. The highest BCUT2D eigenvalue weighted by molar-refractivity contribution is 9.10. The van der Waals surface area contributed by atoms with E-state index in [9.17, 15) is 4.39 Å². The average molecular weight is 295 g/mol. The van der Waals surface area contributed by atoms with E-state index >= 15 is 0 Å². The van der Waals surface area contributed by atoms with Crippen LogP contribution >= 0.6 is 15.9 Å². The first-order chi connectivity index (χ1) is 8.13. The van der Waals surface area contributed by atoms with E-state index in [2.05, 4.69) is 15.9 Å². The van der Waals surface area contributed by atoms with Crippen molar-refractivity contribution in [2.75, 3.05) is 7.11 Å². The molecule has 0 bridgehead atoms. The lowest BCUT2D eigenvalue weighted by molar-refractivity contribution is 0.416. The summed E-state index contributed by atoms with van der Waals surface area (Å²) in [6.07, 6.45) is 0. The SMILES string of the molecule is COc1cccc(C)c1-c1cc(Br)ccc1F. The molecule has 0 amide bonds. The van der Waals surface area contributed by atoms with E-state index < -0.39 is 0 Å². The Labute approximate surface area is 108 Å². The standard InChI is InChI=1S/C14H12BrFO/c1-9-4-3-5-13(17-2)14(9)11-8-10(15)6-7-12(11)16/h3-8H,1-2H3. The molecule has 0 saturated carbocycles. The molecule has 2 rings (SSSR count). The van der Waals surface area contributed by atoms with Crippen molar-refractivity contribution in [3.05, 3.63) is 52.3 Å². The fourth-order valence-corrected chi connectivity index (χ4v) is 2.21. The maximum Gasteiger partial charge on any atom is 0.131 e. The second kappa shape index (κ2) is 4.88. The van der Waals surface area contributed by atoms with Gasteiger partial charge in [0.05, 0.1) is 7.11 Å². The number of halogens is 2. The minimum Gasteiger partial charge on any atom is -0.496 e. The summed E-state index contributed by atoms with van der Waals surface area (Å²) < 4.78 is 20.0. The van der Waals surface area contributed by atoms with Gasteiger partial charge in [0.15, 0.2) is 0 Å². The molecule has 0 aliphatic carbocycles. The molecule has 3 heteroatoms. The molecule has 0 aromatic heterocycles. The number of hydrogen-bond donors (Lipinski definition) is 0. The van der Waals surface area contributed by atoms with Gasteiger partial charge in [-0.15, -0.1) is 0 Å². The van der Waals surface area contributed by atoms with Gasteiger partial charge in [-0.25, -0.2) is 4.39 Å². The van der Waals surface area contributed by atoms with Gasteiger partial charge in [-0.05, 0) is 36.8 Å². The molecule has 0 atom stereocenters. The van der Waals surface area contributed by atoms with Crippen LogP contribution in [0.25, 0.3) is 11.1 Å². The summed E-state index contributed by atoms with van der Waals surface area (Å²) >= 11 is 3.36. The van der Waals surface area contributed by atoms with Crippen molar-refractivity contribution in [3.63, 3.8) is 0 Å². The van der Waals surface area contributed by atoms with Crippen LogP contribution in [0.4, 0.5) is 4.39 Å². The maximum absolute atomic E-state index is 13.9. The smallest absolute Gasteiger partial charge is 0.131 e. The molecule has 0 unspecified atom stereocenters. The number of hydrogen-bond acceptors (Lipinski definition) is 1. The van der Waals surface area contributed by atoms with Crippen LogP contribution < -0.4 is 4.74 Å². The summed E-state index contributed by atoms with van der Waals surface area (Å²) in [7, 11) is 1.59. The molecule has 0 N–H and O–H groups in total. The van der Waals surface area contributed by atoms with Crippen LogP contribution in [0.15, 0.2) is 40.9 Å². The average Bonchev–Trinajstić information content (AvgIpc) is 2.32. The number of aryl methyl sites for hydroxylation is 1. The molecule has 17 heavy (non-hydrogen) atoms. The van der Waals surface area contributed by atoms with E-state index in [1.54, 1.807) is 19.2 Å². The summed E-state index contributed by atoms with van der Waals surface area (Å²) in [4.78, 5) is 0. The second-order valence-corrected chi connectivity index (χ2v) is 4.69. The molecule has 0 aliphatic heterocycles. The largest absolute Gasteiger partial charge is 0.496 e. The minimum absolute atomic E-state index is 0.249. The Balaban J connectivity index is 2.71. The van der Waals surface area contributed by atoms with Gasteiger partial charge in [-0.1, -0.05) is 28.1 Å². The molecule has 2 aromatic rings. The molecular formula is C14H12BrFO. The third-order valence-corrected chi connectivity index (χ3v) is 3.15. The highest BCUT2D eigenvalue weighted by Crippen LogP contribution is 2.35. The molecule has 0 fully saturated rings. The zero-order valence-electron chi connectivity index (χ0n) is 9.63. The highest BCUT2D eigenvalue weighted by Gasteiger charge is 2.13. The first-order valence-electron chi connectivity index (χ1n) is 5.22. The number of methoxy groups -OCH3 is 1. The van der Waals surface area contributed by atoms with Crippen LogP contribution in [0.5, 0.6) is 5.75 Å². The summed E-state index contributed by atoms with van der Waals surface area (Å²) in [5.74, 6) is 0.433. The van der Waals surface area contributed by atoms with Gasteiger partial charge in [-0.3, -0.25) is 0 Å². The van der Waals surface area contributed by atoms with Crippen molar-refractivity contribution in [1.82, 2.24) is 0 Å². The third-order valence-electron chi connectivity index (χ3n) is 2.65. The molecule has 0 spiro atoms. The van der Waals surface area contributed by atoms with E-state index in [1.165, 1.54) is 6.07 Å². The number of rotatable bonds is 2. The van der Waals surface area contributed by atoms with Crippen LogP contribution in [-0.2, 0) is 0 Å². The van der Waals surface area contributed by atoms with Crippen molar-refractivity contribution in [2.24, 2.45) is 0 Å².